The summed E-state index contributed by atoms with van der Waals surface area (Å²) in [5, 5.41) is 0. The van der Waals surface area contributed by atoms with E-state index in [-0.39, 0.29) is 11.9 Å². The fourth-order valence-corrected chi connectivity index (χ4v) is 5.07. The van der Waals surface area contributed by atoms with Crippen molar-refractivity contribution in [2.24, 2.45) is 5.73 Å². The molecule has 0 saturated carbocycles. The largest absolute Gasteiger partial charge is 0.367 e. The molecule has 0 aromatic heterocycles. The van der Waals surface area contributed by atoms with Crippen LogP contribution in [0.1, 0.15) is 60.5 Å². The number of amides is 2. The third-order valence-corrected chi connectivity index (χ3v) is 6.46. The standard InChI is InChI=1S/C23H26FN3O2/c1-3-6-20(28)26(2)15-8-5-10-27(13-15)22-19(24)12-18(23(25)29)17-11-14-7-4-9-16(14)21(17)22/h12,15H,4-5,7-11,13H2,1-2H3,(H2,25,29)/t15-/m0/s1. The zero-order valence-electron chi connectivity index (χ0n) is 17.0. The van der Waals surface area contributed by atoms with E-state index in [4.69, 9.17) is 5.73 Å². The lowest BCUT2D eigenvalue weighted by molar-refractivity contribution is -0.126. The summed E-state index contributed by atoms with van der Waals surface area (Å²) in [5.41, 5.74) is 10.7. The maximum atomic E-state index is 15.3. The second kappa shape index (κ2) is 7.55. The molecule has 1 aromatic carbocycles. The molecule has 4 rings (SSSR count). The fraction of sp³-hybridized carbons (Fsp3) is 0.478. The van der Waals surface area contributed by atoms with Crippen molar-refractivity contribution in [2.45, 2.75) is 51.5 Å². The monoisotopic (exact) mass is 395 g/mol. The Morgan fingerprint density at radius 3 is 2.83 bits per heavy atom. The third-order valence-electron chi connectivity index (χ3n) is 6.46. The minimum atomic E-state index is -0.576. The lowest BCUT2D eigenvalue weighted by Gasteiger charge is -2.39. The molecule has 0 unspecified atom stereocenters. The van der Waals surface area contributed by atoms with Gasteiger partial charge in [-0.25, -0.2) is 4.39 Å². The Morgan fingerprint density at radius 2 is 2.10 bits per heavy atom. The Kier molecular flexibility index (Phi) is 5.08. The fourth-order valence-electron chi connectivity index (χ4n) is 5.07. The molecule has 0 radical (unpaired) electrons. The molecule has 1 heterocycles. The molecular formula is C23H26FN3O2. The molecule has 1 aromatic rings. The van der Waals surface area contributed by atoms with Crippen LogP contribution in [-0.2, 0) is 11.2 Å². The zero-order valence-corrected chi connectivity index (χ0v) is 17.0. The maximum absolute atomic E-state index is 15.3. The van der Waals surface area contributed by atoms with Crippen LogP contribution in [0, 0.1) is 17.7 Å². The molecule has 1 fully saturated rings. The van der Waals surface area contributed by atoms with Crippen molar-refractivity contribution in [3.05, 3.63) is 34.1 Å². The summed E-state index contributed by atoms with van der Waals surface area (Å²) in [6, 6.07) is 1.28. The Morgan fingerprint density at radius 1 is 1.31 bits per heavy atom. The number of nitrogens with two attached hydrogens (primary N) is 1. The summed E-state index contributed by atoms with van der Waals surface area (Å²) in [5.74, 6) is 4.05. The summed E-state index contributed by atoms with van der Waals surface area (Å²) in [4.78, 5) is 27.9. The van der Waals surface area contributed by atoms with Crippen molar-refractivity contribution in [2.75, 3.05) is 25.0 Å². The molecule has 29 heavy (non-hydrogen) atoms. The highest BCUT2D eigenvalue weighted by molar-refractivity contribution is 6.00. The van der Waals surface area contributed by atoms with Crippen molar-refractivity contribution >= 4 is 23.1 Å². The maximum Gasteiger partial charge on any atom is 0.298 e. The van der Waals surface area contributed by atoms with Crippen molar-refractivity contribution in [3.63, 3.8) is 0 Å². The van der Waals surface area contributed by atoms with Crippen LogP contribution < -0.4 is 10.6 Å². The average Bonchev–Trinajstić information content (AvgIpc) is 3.29. The van der Waals surface area contributed by atoms with Gasteiger partial charge in [0.2, 0.25) is 5.91 Å². The molecule has 6 heteroatoms. The molecule has 2 amide bonds. The van der Waals surface area contributed by atoms with Gasteiger partial charge in [-0.3, -0.25) is 9.59 Å². The number of halogens is 1. The van der Waals surface area contributed by atoms with Gasteiger partial charge in [0.05, 0.1) is 5.69 Å². The molecule has 0 bridgehead atoms. The molecule has 5 nitrogen and oxygen atoms in total. The van der Waals surface area contributed by atoms with Crippen LogP contribution in [0.15, 0.2) is 11.6 Å². The van der Waals surface area contributed by atoms with Crippen molar-refractivity contribution in [1.29, 1.82) is 0 Å². The van der Waals surface area contributed by atoms with E-state index in [0.717, 1.165) is 49.8 Å². The SMILES string of the molecule is CC#CC(=O)N(C)[C@H]1CCCN(c2c(F)cc(C(N)=O)c3c2C2=C(CCC2)C3)C1. The minimum Gasteiger partial charge on any atom is -0.367 e. The summed E-state index contributed by atoms with van der Waals surface area (Å²) in [6.07, 6.45) is 5.40. The Bertz CT molecular complexity index is 986. The van der Waals surface area contributed by atoms with Gasteiger partial charge < -0.3 is 15.5 Å². The van der Waals surface area contributed by atoms with Crippen LogP contribution in [-0.4, -0.2) is 42.9 Å². The molecule has 3 aliphatic rings. The van der Waals surface area contributed by atoms with E-state index in [9.17, 15) is 9.59 Å². The van der Waals surface area contributed by atoms with Gasteiger partial charge in [-0.05, 0) is 68.6 Å². The van der Waals surface area contributed by atoms with Gasteiger partial charge >= 0.3 is 0 Å². The number of carbonyl (C=O) groups excluding carboxylic acids is 2. The van der Waals surface area contributed by atoms with Crippen LogP contribution in [0.4, 0.5) is 10.1 Å². The number of hydrogen-bond donors (Lipinski definition) is 1. The van der Waals surface area contributed by atoms with Gasteiger partial charge in [0.15, 0.2) is 0 Å². The lowest BCUT2D eigenvalue weighted by atomic mass is 9.93. The predicted molar refractivity (Wildman–Crippen MR) is 111 cm³/mol. The Labute approximate surface area is 170 Å². The molecule has 2 N–H and O–H groups in total. The number of primary amides is 1. The first kappa shape index (κ1) is 19.5. The molecule has 1 saturated heterocycles. The van der Waals surface area contributed by atoms with Gasteiger partial charge in [-0.1, -0.05) is 11.5 Å². The van der Waals surface area contributed by atoms with E-state index in [0.29, 0.717) is 24.2 Å². The second-order valence-corrected chi connectivity index (χ2v) is 8.12. The average molecular weight is 395 g/mol. The van der Waals surface area contributed by atoms with Crippen molar-refractivity contribution in [3.8, 4) is 11.8 Å². The van der Waals surface area contributed by atoms with E-state index < -0.39 is 11.7 Å². The normalized spacial score (nSPS) is 20.1. The first-order chi connectivity index (χ1) is 13.9. The Balaban J connectivity index is 1.73. The minimum absolute atomic E-state index is 0.0265. The van der Waals surface area contributed by atoms with Gasteiger partial charge in [0.1, 0.15) is 5.82 Å². The van der Waals surface area contributed by atoms with Crippen molar-refractivity contribution < 1.29 is 14.0 Å². The number of rotatable bonds is 3. The third kappa shape index (κ3) is 3.29. The van der Waals surface area contributed by atoms with E-state index in [1.807, 2.05) is 4.90 Å². The van der Waals surface area contributed by atoms with E-state index in [1.54, 1.807) is 18.9 Å². The van der Waals surface area contributed by atoms with E-state index in [1.165, 1.54) is 17.2 Å². The van der Waals surface area contributed by atoms with Crippen molar-refractivity contribution in [1.82, 2.24) is 4.90 Å². The summed E-state index contributed by atoms with van der Waals surface area (Å²) in [7, 11) is 1.76. The van der Waals surface area contributed by atoms with E-state index >= 15 is 4.39 Å². The van der Waals surface area contributed by atoms with Gasteiger partial charge in [0, 0.05) is 37.3 Å². The summed E-state index contributed by atoms with van der Waals surface area (Å²) in [6.45, 7) is 2.92. The van der Waals surface area contributed by atoms with Crippen LogP contribution in [0.3, 0.4) is 0 Å². The number of carbonyl (C=O) groups is 2. The summed E-state index contributed by atoms with van der Waals surface area (Å²) >= 11 is 0. The number of anilines is 1. The van der Waals surface area contributed by atoms with Crippen LogP contribution in [0.25, 0.3) is 5.57 Å². The number of nitrogens with zero attached hydrogens (tertiary/aromatic N) is 2. The molecule has 2 aliphatic carbocycles. The van der Waals surface area contributed by atoms with E-state index in [2.05, 4.69) is 11.8 Å². The van der Waals surface area contributed by atoms with Gasteiger partial charge in [0.25, 0.3) is 5.91 Å². The lowest BCUT2D eigenvalue weighted by Crippen LogP contribution is -2.48. The highest BCUT2D eigenvalue weighted by Gasteiger charge is 2.36. The quantitative estimate of drug-likeness (QED) is 0.801. The smallest absolute Gasteiger partial charge is 0.298 e. The summed E-state index contributed by atoms with van der Waals surface area (Å²) < 4.78 is 15.3. The molecular weight excluding hydrogens is 369 g/mol. The highest BCUT2D eigenvalue weighted by atomic mass is 19.1. The zero-order chi connectivity index (χ0) is 20.7. The predicted octanol–water partition coefficient (Wildman–Crippen LogP) is 2.87. The molecule has 0 spiro atoms. The molecule has 1 aliphatic heterocycles. The van der Waals surface area contributed by atoms with Gasteiger partial charge in [-0.2, -0.15) is 0 Å². The number of piperidine rings is 1. The number of benzene rings is 1. The second-order valence-electron chi connectivity index (χ2n) is 8.12. The first-order valence-corrected chi connectivity index (χ1v) is 10.2. The first-order valence-electron chi connectivity index (χ1n) is 10.2. The van der Waals surface area contributed by atoms with Crippen LogP contribution in [0.5, 0.6) is 0 Å². The number of allylic oxidation sites excluding steroid dienone is 2. The number of likely N-dealkylation sites (N-methyl/N-ethyl adjacent to an activating group) is 1. The van der Waals surface area contributed by atoms with Gasteiger partial charge in [-0.15, -0.1) is 0 Å². The number of fused-ring (bicyclic) bond motifs is 2. The number of hydrogen-bond acceptors (Lipinski definition) is 3. The highest BCUT2D eigenvalue weighted by Crippen LogP contribution is 2.49. The topological polar surface area (TPSA) is 66.6 Å². The Hall–Kier alpha value is -2.81. The molecule has 1 atom stereocenters. The van der Waals surface area contributed by atoms with Crippen LogP contribution >= 0.6 is 0 Å². The van der Waals surface area contributed by atoms with Crippen LogP contribution in [0.2, 0.25) is 0 Å². The molecule has 152 valence electrons.